The number of carbonyl (C=O) groups is 2. The molecule has 0 radical (unpaired) electrons. The largest absolute Gasteiger partial charge is 0.467 e. The first-order valence-electron chi connectivity index (χ1n) is 5.64. The molecule has 6 nitrogen and oxygen atoms in total. The van der Waals surface area contributed by atoms with E-state index in [0.29, 0.717) is 12.3 Å². The highest BCUT2D eigenvalue weighted by atomic mass is 32.1. The number of rotatable bonds is 3. The van der Waals surface area contributed by atoms with Crippen molar-refractivity contribution < 1.29 is 14.0 Å². The Morgan fingerprint density at radius 3 is 2.53 bits per heavy atom. The van der Waals surface area contributed by atoms with Crippen LogP contribution in [0.1, 0.15) is 5.76 Å². The molecule has 1 aromatic heterocycles. The summed E-state index contributed by atoms with van der Waals surface area (Å²) in [5.74, 6) is -0.978. The lowest BCUT2D eigenvalue weighted by molar-refractivity contribution is -0.142. The summed E-state index contributed by atoms with van der Waals surface area (Å²) in [6, 6.07) is 3.52. The Kier molecular flexibility index (Phi) is 3.75. The number of aliphatic imine (C=N–C) groups is 1. The average molecular weight is 279 g/mol. The second kappa shape index (κ2) is 5.31. The molecule has 2 rings (SSSR count). The van der Waals surface area contributed by atoms with E-state index >= 15 is 0 Å². The highest BCUT2D eigenvalue weighted by Crippen LogP contribution is 2.14. The molecule has 0 N–H and O–H groups in total. The van der Waals surface area contributed by atoms with Gasteiger partial charge in [0.1, 0.15) is 5.76 Å². The van der Waals surface area contributed by atoms with E-state index in [2.05, 4.69) is 4.99 Å². The Labute approximate surface area is 115 Å². The zero-order chi connectivity index (χ0) is 14.0. The van der Waals surface area contributed by atoms with Gasteiger partial charge in [-0.15, -0.1) is 0 Å². The fourth-order valence-electron chi connectivity index (χ4n) is 1.71. The van der Waals surface area contributed by atoms with Crippen LogP contribution in [0.5, 0.6) is 0 Å². The van der Waals surface area contributed by atoms with Gasteiger partial charge in [-0.25, -0.2) is 0 Å². The van der Waals surface area contributed by atoms with Crippen molar-refractivity contribution in [3.05, 3.63) is 24.2 Å². The Hall–Kier alpha value is -2.02. The standard InChI is InChI=1S/C12H13N3O3S/c1-14-10(16)9(11(17)15(2)12(14)19)7-13-6-8-4-3-5-18-8/h3-5,7,9H,6H2,1-2H3. The fourth-order valence-corrected chi connectivity index (χ4v) is 1.89. The maximum atomic E-state index is 12.0. The van der Waals surface area contributed by atoms with Crippen LogP contribution in [0.15, 0.2) is 27.8 Å². The van der Waals surface area contributed by atoms with Crippen LogP contribution >= 0.6 is 12.2 Å². The van der Waals surface area contributed by atoms with Gasteiger partial charge in [0.15, 0.2) is 11.0 Å². The zero-order valence-electron chi connectivity index (χ0n) is 10.6. The molecule has 0 unspecified atom stereocenters. The van der Waals surface area contributed by atoms with Gasteiger partial charge < -0.3 is 4.42 Å². The molecule has 0 saturated carbocycles. The summed E-state index contributed by atoms with van der Waals surface area (Å²) in [5, 5.41) is 0.200. The summed E-state index contributed by atoms with van der Waals surface area (Å²) in [4.78, 5) is 30.6. The molecule has 19 heavy (non-hydrogen) atoms. The van der Waals surface area contributed by atoms with E-state index < -0.39 is 5.92 Å². The summed E-state index contributed by atoms with van der Waals surface area (Å²) in [5.41, 5.74) is 0. The molecule has 0 atom stereocenters. The van der Waals surface area contributed by atoms with Crippen molar-refractivity contribution in [1.82, 2.24) is 9.80 Å². The topological polar surface area (TPSA) is 66.1 Å². The number of nitrogens with zero attached hydrogens (tertiary/aromatic N) is 3. The van der Waals surface area contributed by atoms with Gasteiger partial charge in [0, 0.05) is 20.3 Å². The molecular weight excluding hydrogens is 266 g/mol. The smallest absolute Gasteiger partial charge is 0.246 e. The molecule has 0 aromatic carbocycles. The Morgan fingerprint density at radius 2 is 2.00 bits per heavy atom. The van der Waals surface area contributed by atoms with Crippen molar-refractivity contribution in [1.29, 1.82) is 0 Å². The van der Waals surface area contributed by atoms with Crippen LogP contribution in [0.25, 0.3) is 0 Å². The summed E-state index contributed by atoms with van der Waals surface area (Å²) in [7, 11) is 3.09. The van der Waals surface area contributed by atoms with Crippen molar-refractivity contribution in [2.75, 3.05) is 14.1 Å². The lowest BCUT2D eigenvalue weighted by atomic mass is 10.1. The number of amides is 2. The lowest BCUT2D eigenvalue weighted by Gasteiger charge is -2.33. The number of hydrogen-bond acceptors (Lipinski definition) is 5. The highest BCUT2D eigenvalue weighted by Gasteiger charge is 2.39. The molecule has 0 bridgehead atoms. The fraction of sp³-hybridized carbons (Fsp3) is 0.333. The number of furan rings is 1. The van der Waals surface area contributed by atoms with Gasteiger partial charge in [-0.05, 0) is 24.4 Å². The van der Waals surface area contributed by atoms with Crippen LogP contribution in [0.3, 0.4) is 0 Å². The van der Waals surface area contributed by atoms with Gasteiger partial charge in [-0.3, -0.25) is 24.4 Å². The molecule has 1 fully saturated rings. The van der Waals surface area contributed by atoms with Crippen molar-refractivity contribution in [2.24, 2.45) is 10.9 Å². The highest BCUT2D eigenvalue weighted by molar-refractivity contribution is 7.80. The molecule has 1 aromatic rings. The van der Waals surface area contributed by atoms with E-state index in [1.165, 1.54) is 16.0 Å². The number of carbonyl (C=O) groups excluding carboxylic acids is 2. The predicted octanol–water partition coefficient (Wildman–Crippen LogP) is 0.682. The van der Waals surface area contributed by atoms with E-state index in [9.17, 15) is 9.59 Å². The second-order valence-electron chi connectivity index (χ2n) is 4.12. The molecule has 0 aliphatic carbocycles. The SMILES string of the molecule is CN1C(=O)C(C=NCc2ccco2)C(=O)N(C)C1=S. The van der Waals surface area contributed by atoms with Crippen molar-refractivity contribution >= 4 is 35.4 Å². The molecule has 1 aliphatic heterocycles. The Morgan fingerprint density at radius 1 is 1.37 bits per heavy atom. The first-order chi connectivity index (χ1) is 9.02. The summed E-state index contributed by atoms with van der Waals surface area (Å²) >= 11 is 4.99. The van der Waals surface area contributed by atoms with E-state index in [-0.39, 0.29) is 16.9 Å². The van der Waals surface area contributed by atoms with Gasteiger partial charge in [0.05, 0.1) is 12.8 Å². The van der Waals surface area contributed by atoms with Crippen molar-refractivity contribution in [3.63, 3.8) is 0 Å². The number of thiocarbonyl (C=S) groups is 1. The minimum atomic E-state index is -0.920. The molecule has 2 heterocycles. The lowest BCUT2D eigenvalue weighted by Crippen LogP contribution is -2.57. The molecule has 0 spiro atoms. The summed E-state index contributed by atoms with van der Waals surface area (Å²) in [6.45, 7) is 0.294. The van der Waals surface area contributed by atoms with Gasteiger partial charge >= 0.3 is 0 Å². The monoisotopic (exact) mass is 279 g/mol. The van der Waals surface area contributed by atoms with Crippen LogP contribution in [-0.2, 0) is 16.1 Å². The number of hydrogen-bond donors (Lipinski definition) is 0. The van der Waals surface area contributed by atoms with Crippen LogP contribution in [-0.4, -0.2) is 47.0 Å². The van der Waals surface area contributed by atoms with E-state index in [1.54, 1.807) is 32.5 Å². The minimum Gasteiger partial charge on any atom is -0.467 e. The van der Waals surface area contributed by atoms with Crippen LogP contribution in [0, 0.1) is 5.92 Å². The van der Waals surface area contributed by atoms with E-state index in [1.807, 2.05) is 0 Å². The Balaban J connectivity index is 2.10. The van der Waals surface area contributed by atoms with Crippen molar-refractivity contribution in [2.45, 2.75) is 6.54 Å². The maximum absolute atomic E-state index is 12.0. The zero-order valence-corrected chi connectivity index (χ0v) is 11.4. The van der Waals surface area contributed by atoms with Gasteiger partial charge in [0.2, 0.25) is 11.8 Å². The van der Waals surface area contributed by atoms with Crippen LogP contribution < -0.4 is 0 Å². The predicted molar refractivity (Wildman–Crippen MR) is 72.5 cm³/mol. The molecular formula is C12H13N3O3S. The summed E-state index contributed by atoms with van der Waals surface area (Å²) in [6.07, 6.45) is 2.89. The van der Waals surface area contributed by atoms with E-state index in [4.69, 9.17) is 16.6 Å². The minimum absolute atomic E-state index is 0.200. The third-order valence-electron chi connectivity index (χ3n) is 2.85. The third kappa shape index (κ3) is 2.55. The first-order valence-corrected chi connectivity index (χ1v) is 6.04. The van der Waals surface area contributed by atoms with Crippen molar-refractivity contribution in [3.8, 4) is 0 Å². The average Bonchev–Trinajstić information content (AvgIpc) is 2.91. The first kappa shape index (κ1) is 13.4. The normalized spacial score (nSPS) is 17.9. The van der Waals surface area contributed by atoms with Crippen LogP contribution in [0.2, 0.25) is 0 Å². The molecule has 2 amide bonds. The van der Waals surface area contributed by atoms with E-state index in [0.717, 1.165) is 0 Å². The van der Waals surface area contributed by atoms with Gasteiger partial charge in [-0.1, -0.05) is 0 Å². The quantitative estimate of drug-likeness (QED) is 0.464. The second-order valence-corrected chi connectivity index (χ2v) is 4.49. The van der Waals surface area contributed by atoms with Crippen LogP contribution in [0.4, 0.5) is 0 Å². The molecule has 100 valence electrons. The van der Waals surface area contributed by atoms with Gasteiger partial charge in [-0.2, -0.15) is 0 Å². The molecule has 1 aliphatic rings. The molecule has 1 saturated heterocycles. The maximum Gasteiger partial charge on any atom is 0.246 e. The third-order valence-corrected chi connectivity index (χ3v) is 3.40. The molecule has 7 heteroatoms. The summed E-state index contributed by atoms with van der Waals surface area (Å²) < 4.78 is 5.11. The van der Waals surface area contributed by atoms with Gasteiger partial charge in [0.25, 0.3) is 0 Å². The Bertz CT molecular complexity index is 514.